The van der Waals surface area contributed by atoms with Gasteiger partial charge in [-0.25, -0.2) is 0 Å². The lowest BCUT2D eigenvalue weighted by Gasteiger charge is -2.27. The Morgan fingerprint density at radius 2 is 1.88 bits per heavy atom. The Morgan fingerprint density at radius 1 is 1.35 bits per heavy atom. The van der Waals surface area contributed by atoms with Crippen molar-refractivity contribution in [3.05, 3.63) is 0 Å². The summed E-state index contributed by atoms with van der Waals surface area (Å²) in [6, 6.07) is -0.188. The van der Waals surface area contributed by atoms with Gasteiger partial charge < -0.3 is 15.2 Å². The number of carboxylic acids is 1. The molecule has 1 amide bonds. The second-order valence-corrected chi connectivity index (χ2v) is 5.21. The van der Waals surface area contributed by atoms with Crippen molar-refractivity contribution in [3.8, 4) is 0 Å². The molecule has 0 aliphatic carbocycles. The maximum Gasteiger partial charge on any atom is 0.316 e. The van der Waals surface area contributed by atoms with Crippen LogP contribution < -0.4 is 5.32 Å². The van der Waals surface area contributed by atoms with Crippen molar-refractivity contribution in [1.82, 2.24) is 5.32 Å². The number of aliphatic carboxylic acids is 1. The van der Waals surface area contributed by atoms with Gasteiger partial charge in [-0.1, -0.05) is 20.8 Å². The summed E-state index contributed by atoms with van der Waals surface area (Å²) >= 11 is 0. The summed E-state index contributed by atoms with van der Waals surface area (Å²) in [6.45, 7) is 9.81. The number of carbonyl (C=O) groups excluding carboxylic acids is 1. The van der Waals surface area contributed by atoms with Crippen LogP contribution in [0.15, 0.2) is 0 Å². The molecule has 0 radical (unpaired) electrons. The quantitative estimate of drug-likeness (QED) is 0.691. The first kappa shape index (κ1) is 15.9. The summed E-state index contributed by atoms with van der Waals surface area (Å²) in [5.74, 6) is -2.61. The molecule has 0 aliphatic rings. The molecule has 2 unspecified atom stereocenters. The van der Waals surface area contributed by atoms with E-state index in [2.05, 4.69) is 5.32 Å². The zero-order valence-corrected chi connectivity index (χ0v) is 11.2. The predicted octanol–water partition coefficient (Wildman–Crippen LogP) is 1.27. The summed E-state index contributed by atoms with van der Waals surface area (Å²) in [7, 11) is 0. The third kappa shape index (κ3) is 5.68. The van der Waals surface area contributed by atoms with E-state index in [-0.39, 0.29) is 6.04 Å². The summed E-state index contributed by atoms with van der Waals surface area (Å²) in [5, 5.41) is 11.7. The fourth-order valence-corrected chi connectivity index (χ4v) is 1.54. The lowest BCUT2D eigenvalue weighted by atomic mass is 9.80. The number of nitrogens with one attached hydrogen (secondary N) is 1. The van der Waals surface area contributed by atoms with Crippen molar-refractivity contribution in [3.63, 3.8) is 0 Å². The first-order chi connectivity index (χ1) is 7.70. The van der Waals surface area contributed by atoms with Gasteiger partial charge in [0.1, 0.15) is 5.92 Å². The molecule has 2 atom stereocenters. The van der Waals surface area contributed by atoms with E-state index in [1.807, 2.05) is 6.92 Å². The van der Waals surface area contributed by atoms with E-state index < -0.39 is 23.2 Å². The number of hydrogen-bond acceptors (Lipinski definition) is 3. The number of amides is 1. The van der Waals surface area contributed by atoms with E-state index in [1.165, 1.54) is 0 Å². The summed E-state index contributed by atoms with van der Waals surface area (Å²) in [6.07, 6.45) is 0. The van der Waals surface area contributed by atoms with Gasteiger partial charge in [0, 0.05) is 12.6 Å². The van der Waals surface area contributed by atoms with Crippen molar-refractivity contribution < 1.29 is 19.4 Å². The van der Waals surface area contributed by atoms with Crippen LogP contribution in [0.1, 0.15) is 34.6 Å². The maximum absolute atomic E-state index is 11.9. The first-order valence-electron chi connectivity index (χ1n) is 5.81. The zero-order valence-electron chi connectivity index (χ0n) is 11.2. The summed E-state index contributed by atoms with van der Waals surface area (Å²) in [4.78, 5) is 22.9. The Kier molecular flexibility index (Phi) is 6.16. The zero-order chi connectivity index (χ0) is 13.6. The summed E-state index contributed by atoms with van der Waals surface area (Å²) in [5.41, 5.74) is -0.610. The standard InChI is InChI=1S/C12H23NO4/c1-6-17-7-8(2)13-10(14)9(11(15)16)12(3,4)5/h8-9H,6-7H2,1-5H3,(H,13,14)(H,15,16). The third-order valence-corrected chi connectivity index (χ3v) is 2.34. The number of carboxylic acid groups (broad SMARTS) is 1. The monoisotopic (exact) mass is 245 g/mol. The molecule has 0 fully saturated rings. The molecular formula is C12H23NO4. The van der Waals surface area contributed by atoms with Gasteiger partial charge in [0.15, 0.2) is 0 Å². The average molecular weight is 245 g/mol. The molecule has 17 heavy (non-hydrogen) atoms. The minimum Gasteiger partial charge on any atom is -0.481 e. The molecule has 0 spiro atoms. The minimum absolute atomic E-state index is 0.188. The Morgan fingerprint density at radius 3 is 2.24 bits per heavy atom. The van der Waals surface area contributed by atoms with E-state index in [0.717, 1.165) is 0 Å². The smallest absolute Gasteiger partial charge is 0.316 e. The normalized spacial score (nSPS) is 15.1. The second kappa shape index (κ2) is 6.59. The maximum atomic E-state index is 11.9. The van der Waals surface area contributed by atoms with E-state index in [1.54, 1.807) is 27.7 Å². The number of hydrogen-bond donors (Lipinski definition) is 2. The van der Waals surface area contributed by atoms with E-state index in [4.69, 9.17) is 9.84 Å². The van der Waals surface area contributed by atoms with E-state index >= 15 is 0 Å². The van der Waals surface area contributed by atoms with Gasteiger partial charge in [0.25, 0.3) is 0 Å². The molecule has 0 rings (SSSR count). The van der Waals surface area contributed by atoms with E-state index in [0.29, 0.717) is 13.2 Å². The highest BCUT2D eigenvalue weighted by Gasteiger charge is 2.37. The topological polar surface area (TPSA) is 75.6 Å². The molecule has 0 aliphatic heterocycles. The lowest BCUT2D eigenvalue weighted by Crippen LogP contribution is -2.46. The van der Waals surface area contributed by atoms with Crippen molar-refractivity contribution in [2.24, 2.45) is 11.3 Å². The van der Waals surface area contributed by atoms with Crippen LogP contribution >= 0.6 is 0 Å². The molecule has 0 saturated carbocycles. The summed E-state index contributed by atoms with van der Waals surface area (Å²) < 4.78 is 5.16. The van der Waals surface area contributed by atoms with Crippen LogP contribution in [0.25, 0.3) is 0 Å². The van der Waals surface area contributed by atoms with Gasteiger partial charge in [-0.2, -0.15) is 0 Å². The molecule has 5 nitrogen and oxygen atoms in total. The number of ether oxygens (including phenoxy) is 1. The number of rotatable bonds is 6. The van der Waals surface area contributed by atoms with Crippen LogP contribution in [-0.2, 0) is 14.3 Å². The van der Waals surface area contributed by atoms with Crippen LogP contribution in [-0.4, -0.2) is 36.2 Å². The third-order valence-electron chi connectivity index (χ3n) is 2.34. The van der Waals surface area contributed by atoms with Gasteiger partial charge in [0.2, 0.25) is 5.91 Å². The van der Waals surface area contributed by atoms with Crippen molar-refractivity contribution in [2.45, 2.75) is 40.7 Å². The van der Waals surface area contributed by atoms with Gasteiger partial charge in [-0.3, -0.25) is 9.59 Å². The Labute approximate surface area is 103 Å². The van der Waals surface area contributed by atoms with Crippen LogP contribution in [0.4, 0.5) is 0 Å². The molecule has 2 N–H and O–H groups in total. The van der Waals surface area contributed by atoms with Crippen molar-refractivity contribution >= 4 is 11.9 Å². The van der Waals surface area contributed by atoms with Gasteiger partial charge >= 0.3 is 5.97 Å². The van der Waals surface area contributed by atoms with Gasteiger partial charge in [0.05, 0.1) is 6.61 Å². The van der Waals surface area contributed by atoms with Crippen LogP contribution in [0.3, 0.4) is 0 Å². The Balaban J connectivity index is 4.50. The highest BCUT2D eigenvalue weighted by atomic mass is 16.5. The Bertz CT molecular complexity index is 270. The molecule has 0 aromatic rings. The Hall–Kier alpha value is -1.10. The molecular weight excluding hydrogens is 222 g/mol. The molecule has 0 bridgehead atoms. The highest BCUT2D eigenvalue weighted by molar-refractivity contribution is 5.97. The predicted molar refractivity (Wildman–Crippen MR) is 64.7 cm³/mol. The molecule has 0 aromatic carbocycles. The minimum atomic E-state index is -1.10. The van der Waals surface area contributed by atoms with Crippen LogP contribution in [0, 0.1) is 11.3 Å². The van der Waals surface area contributed by atoms with E-state index in [9.17, 15) is 9.59 Å². The second-order valence-electron chi connectivity index (χ2n) is 5.21. The molecule has 0 saturated heterocycles. The van der Waals surface area contributed by atoms with Gasteiger partial charge in [-0.15, -0.1) is 0 Å². The lowest BCUT2D eigenvalue weighted by molar-refractivity contribution is -0.151. The molecule has 0 aromatic heterocycles. The SMILES string of the molecule is CCOCC(C)NC(=O)C(C(=O)O)C(C)(C)C. The molecule has 5 heteroatoms. The molecule has 100 valence electrons. The largest absolute Gasteiger partial charge is 0.481 e. The number of carbonyl (C=O) groups is 2. The van der Waals surface area contributed by atoms with Crippen molar-refractivity contribution in [1.29, 1.82) is 0 Å². The van der Waals surface area contributed by atoms with Crippen LogP contribution in [0.2, 0.25) is 0 Å². The van der Waals surface area contributed by atoms with Gasteiger partial charge in [-0.05, 0) is 19.3 Å². The average Bonchev–Trinajstić information content (AvgIpc) is 2.11. The van der Waals surface area contributed by atoms with Crippen molar-refractivity contribution in [2.75, 3.05) is 13.2 Å². The van der Waals surface area contributed by atoms with Crippen LogP contribution in [0.5, 0.6) is 0 Å². The fourth-order valence-electron chi connectivity index (χ4n) is 1.54. The first-order valence-corrected chi connectivity index (χ1v) is 5.81. The fraction of sp³-hybridized carbons (Fsp3) is 0.833. The highest BCUT2D eigenvalue weighted by Crippen LogP contribution is 2.26. The molecule has 0 heterocycles.